The van der Waals surface area contributed by atoms with E-state index in [-0.39, 0.29) is 24.2 Å². The number of benzene rings is 2. The number of hydrogen-bond acceptors (Lipinski definition) is 5. The Balaban J connectivity index is 1.25. The van der Waals surface area contributed by atoms with Crippen molar-refractivity contribution in [1.29, 1.82) is 0 Å². The number of carbonyl (C=O) groups is 2. The first-order valence-electron chi connectivity index (χ1n) is 12.6. The molecule has 7 nitrogen and oxygen atoms in total. The molecule has 7 heteroatoms. The summed E-state index contributed by atoms with van der Waals surface area (Å²) in [5.74, 6) is 0.368. The maximum absolute atomic E-state index is 12.8. The lowest BCUT2D eigenvalue weighted by atomic mass is 10.1. The van der Waals surface area contributed by atoms with Crippen LogP contribution in [-0.4, -0.2) is 62.7 Å². The molecule has 2 aromatic carbocycles. The lowest BCUT2D eigenvalue weighted by Gasteiger charge is -2.31. The van der Waals surface area contributed by atoms with Crippen LogP contribution in [-0.2, 0) is 20.9 Å². The zero-order valence-electron chi connectivity index (χ0n) is 21.1. The van der Waals surface area contributed by atoms with Gasteiger partial charge in [-0.3, -0.25) is 14.5 Å². The van der Waals surface area contributed by atoms with E-state index in [4.69, 9.17) is 9.47 Å². The Hall–Kier alpha value is -2.90. The smallest absolute Gasteiger partial charge is 0.227 e. The molecule has 0 aromatic heterocycles. The summed E-state index contributed by atoms with van der Waals surface area (Å²) in [5, 5.41) is 3.01. The van der Waals surface area contributed by atoms with Gasteiger partial charge in [-0.05, 0) is 68.6 Å². The van der Waals surface area contributed by atoms with Crippen LogP contribution in [0.4, 0.5) is 5.69 Å². The van der Waals surface area contributed by atoms with Crippen LogP contribution in [0.1, 0.15) is 36.0 Å². The molecular weight excluding hydrogens is 442 g/mol. The van der Waals surface area contributed by atoms with Gasteiger partial charge in [0.2, 0.25) is 11.8 Å². The zero-order chi connectivity index (χ0) is 24.8. The van der Waals surface area contributed by atoms with E-state index in [0.29, 0.717) is 25.7 Å². The van der Waals surface area contributed by atoms with Gasteiger partial charge in [0, 0.05) is 51.0 Å². The minimum absolute atomic E-state index is 0.0000296. The van der Waals surface area contributed by atoms with Crippen molar-refractivity contribution < 1.29 is 19.1 Å². The van der Waals surface area contributed by atoms with Gasteiger partial charge in [0.15, 0.2) is 0 Å². The van der Waals surface area contributed by atoms with Crippen molar-refractivity contribution in [1.82, 2.24) is 10.2 Å². The Morgan fingerprint density at radius 1 is 1.17 bits per heavy atom. The second-order valence-electron chi connectivity index (χ2n) is 9.66. The summed E-state index contributed by atoms with van der Waals surface area (Å²) in [7, 11) is 2.14. The Morgan fingerprint density at radius 2 is 1.94 bits per heavy atom. The van der Waals surface area contributed by atoms with Crippen LogP contribution < -0.4 is 15.0 Å². The molecule has 2 aliphatic rings. The molecule has 0 aliphatic carbocycles. The molecule has 2 heterocycles. The molecule has 35 heavy (non-hydrogen) atoms. The van der Waals surface area contributed by atoms with Crippen molar-refractivity contribution in [3.8, 4) is 5.75 Å². The van der Waals surface area contributed by atoms with Gasteiger partial charge >= 0.3 is 0 Å². The summed E-state index contributed by atoms with van der Waals surface area (Å²) in [6.45, 7) is 8.02. The molecule has 1 atom stereocenters. The number of nitrogens with zero attached hydrogens (tertiary/aromatic N) is 2. The van der Waals surface area contributed by atoms with Gasteiger partial charge in [-0.2, -0.15) is 0 Å². The Kier molecular flexibility index (Phi) is 8.42. The van der Waals surface area contributed by atoms with Gasteiger partial charge in [-0.25, -0.2) is 0 Å². The molecule has 1 N–H and O–H groups in total. The van der Waals surface area contributed by atoms with Crippen LogP contribution in [0.2, 0.25) is 0 Å². The largest absolute Gasteiger partial charge is 0.492 e. The van der Waals surface area contributed by atoms with Gasteiger partial charge in [-0.1, -0.05) is 24.3 Å². The number of anilines is 1. The first-order valence-corrected chi connectivity index (χ1v) is 12.6. The van der Waals surface area contributed by atoms with Crippen molar-refractivity contribution in [3.63, 3.8) is 0 Å². The van der Waals surface area contributed by atoms with Crippen molar-refractivity contribution in [2.75, 3.05) is 44.9 Å². The fraction of sp³-hybridized carbons (Fsp3) is 0.500. The Bertz CT molecular complexity index is 1030. The monoisotopic (exact) mass is 479 g/mol. The van der Waals surface area contributed by atoms with E-state index in [2.05, 4.69) is 17.3 Å². The van der Waals surface area contributed by atoms with Crippen molar-refractivity contribution >= 4 is 17.5 Å². The third-order valence-corrected chi connectivity index (χ3v) is 7.25. The van der Waals surface area contributed by atoms with E-state index in [1.165, 1.54) is 0 Å². The quantitative estimate of drug-likeness (QED) is 0.597. The topological polar surface area (TPSA) is 71.1 Å². The normalized spacial score (nSPS) is 18.8. The molecule has 188 valence electrons. The summed E-state index contributed by atoms with van der Waals surface area (Å²) in [6.07, 6.45) is 2.38. The van der Waals surface area contributed by atoms with E-state index in [0.717, 1.165) is 60.7 Å². The van der Waals surface area contributed by atoms with Crippen LogP contribution in [0, 0.1) is 19.8 Å². The highest BCUT2D eigenvalue weighted by molar-refractivity contribution is 6.00. The predicted molar refractivity (Wildman–Crippen MR) is 137 cm³/mol. The number of carbonyl (C=O) groups excluding carboxylic acids is 2. The summed E-state index contributed by atoms with van der Waals surface area (Å²) < 4.78 is 11.4. The van der Waals surface area contributed by atoms with Gasteiger partial charge in [-0.15, -0.1) is 0 Å². The first-order chi connectivity index (χ1) is 16.9. The molecule has 0 bridgehead atoms. The predicted octanol–water partition coefficient (Wildman–Crippen LogP) is 3.46. The summed E-state index contributed by atoms with van der Waals surface area (Å²) in [6, 6.07) is 14.3. The summed E-state index contributed by atoms with van der Waals surface area (Å²) in [4.78, 5) is 29.6. The molecule has 2 fully saturated rings. The average Bonchev–Trinajstić information content (AvgIpc) is 3.26. The molecular formula is C28H37N3O4. The fourth-order valence-electron chi connectivity index (χ4n) is 4.84. The summed E-state index contributed by atoms with van der Waals surface area (Å²) in [5.41, 5.74) is 4.10. The van der Waals surface area contributed by atoms with Gasteiger partial charge in [0.05, 0.1) is 5.92 Å². The second kappa shape index (κ2) is 11.7. The molecule has 0 saturated carbocycles. The van der Waals surface area contributed by atoms with Crippen LogP contribution in [0.5, 0.6) is 5.75 Å². The number of amides is 2. The molecule has 4 rings (SSSR count). The second-order valence-corrected chi connectivity index (χ2v) is 9.66. The van der Waals surface area contributed by atoms with E-state index in [1.807, 2.05) is 56.3 Å². The number of likely N-dealkylation sites (N-methyl/N-ethyl adjacent to an activating group) is 1. The molecule has 0 radical (unpaired) electrons. The number of rotatable bonds is 9. The molecule has 0 spiro atoms. The maximum atomic E-state index is 12.8. The average molecular weight is 480 g/mol. The number of hydrogen-bond donors (Lipinski definition) is 1. The molecule has 1 unspecified atom stereocenters. The SMILES string of the molecule is Cc1cccc(N2CC(C(=O)NCc3cccc(OCCN(C)C4CCOCC4)c3)CC2=O)c1C. The van der Waals surface area contributed by atoms with E-state index < -0.39 is 0 Å². The fourth-order valence-corrected chi connectivity index (χ4v) is 4.84. The Morgan fingerprint density at radius 3 is 2.74 bits per heavy atom. The lowest BCUT2D eigenvalue weighted by molar-refractivity contribution is -0.126. The highest BCUT2D eigenvalue weighted by atomic mass is 16.5. The number of ether oxygens (including phenoxy) is 2. The molecule has 2 saturated heterocycles. The maximum Gasteiger partial charge on any atom is 0.227 e. The zero-order valence-corrected chi connectivity index (χ0v) is 21.1. The molecule has 2 aromatic rings. The minimum atomic E-state index is -0.345. The standard InChI is InChI=1S/C28H37N3O4/c1-20-6-4-9-26(21(20)2)31-19-23(17-27(31)32)28(33)29-18-22-7-5-8-25(16-22)35-15-12-30(3)24-10-13-34-14-11-24/h4-9,16,23-24H,10-15,17-19H2,1-3H3,(H,29,33). The van der Waals surface area contributed by atoms with E-state index >= 15 is 0 Å². The van der Waals surface area contributed by atoms with Crippen LogP contribution in [0.25, 0.3) is 0 Å². The Labute approximate surface area is 208 Å². The van der Waals surface area contributed by atoms with Gasteiger partial charge in [0.1, 0.15) is 12.4 Å². The number of aryl methyl sites for hydroxylation is 1. The highest BCUT2D eigenvalue weighted by Crippen LogP contribution is 2.29. The van der Waals surface area contributed by atoms with E-state index in [1.54, 1.807) is 4.90 Å². The molecule has 2 aliphatic heterocycles. The van der Waals surface area contributed by atoms with Crippen LogP contribution in [0.15, 0.2) is 42.5 Å². The highest BCUT2D eigenvalue weighted by Gasteiger charge is 2.35. The molecule has 2 amide bonds. The van der Waals surface area contributed by atoms with Crippen LogP contribution >= 0.6 is 0 Å². The van der Waals surface area contributed by atoms with Crippen molar-refractivity contribution in [2.45, 2.75) is 45.7 Å². The number of nitrogens with one attached hydrogen (secondary N) is 1. The van der Waals surface area contributed by atoms with Crippen molar-refractivity contribution in [3.05, 3.63) is 59.2 Å². The summed E-state index contributed by atoms with van der Waals surface area (Å²) >= 11 is 0. The van der Waals surface area contributed by atoms with Gasteiger partial charge < -0.3 is 19.7 Å². The third kappa shape index (κ3) is 6.41. The minimum Gasteiger partial charge on any atom is -0.492 e. The van der Waals surface area contributed by atoms with Crippen molar-refractivity contribution in [2.24, 2.45) is 5.92 Å². The van der Waals surface area contributed by atoms with E-state index in [9.17, 15) is 9.59 Å². The first kappa shape index (κ1) is 25.2. The van der Waals surface area contributed by atoms with Gasteiger partial charge in [0.25, 0.3) is 0 Å². The lowest BCUT2D eigenvalue weighted by Crippen LogP contribution is -2.38. The van der Waals surface area contributed by atoms with Crippen LogP contribution in [0.3, 0.4) is 0 Å². The third-order valence-electron chi connectivity index (χ3n) is 7.25.